The van der Waals surface area contributed by atoms with Crippen molar-refractivity contribution in [2.75, 3.05) is 0 Å². The van der Waals surface area contributed by atoms with E-state index in [4.69, 9.17) is 0 Å². The van der Waals surface area contributed by atoms with Crippen LogP contribution in [-0.4, -0.2) is 4.98 Å². The number of rotatable bonds is 3. The first kappa shape index (κ1) is 15.2. The summed E-state index contributed by atoms with van der Waals surface area (Å²) in [4.78, 5) is 6.91. The quantitative estimate of drug-likeness (QED) is 0.517. The third-order valence-corrected chi connectivity index (χ3v) is 5.39. The minimum atomic E-state index is 0.607. The van der Waals surface area contributed by atoms with Crippen molar-refractivity contribution in [3.8, 4) is 17.3 Å². The highest BCUT2D eigenvalue weighted by atomic mass is 79.9. The van der Waals surface area contributed by atoms with Crippen molar-refractivity contribution >= 4 is 50.3 Å². The topological polar surface area (TPSA) is 36.7 Å². The molecule has 0 saturated heterocycles. The number of thiophene rings is 1. The van der Waals surface area contributed by atoms with Crippen molar-refractivity contribution in [2.24, 2.45) is 0 Å². The van der Waals surface area contributed by atoms with Crippen LogP contribution in [0.4, 0.5) is 0 Å². The van der Waals surface area contributed by atoms with Gasteiger partial charge in [-0.15, -0.1) is 22.7 Å². The van der Waals surface area contributed by atoms with Gasteiger partial charge in [0.05, 0.1) is 11.3 Å². The number of nitriles is 1. The standard InChI is InChI=1S/C17H11BrN2S2/c1-11-2-7-15(22-11)8-13(9-19)17-20-16(10-21-17)12-3-5-14(18)6-4-12/h2-8,10H,1H3/b13-8+. The maximum atomic E-state index is 9.41. The van der Waals surface area contributed by atoms with E-state index in [2.05, 4.69) is 40.0 Å². The largest absolute Gasteiger partial charge is 0.235 e. The van der Waals surface area contributed by atoms with Gasteiger partial charge in [0.15, 0.2) is 0 Å². The molecule has 3 rings (SSSR count). The van der Waals surface area contributed by atoms with E-state index in [1.54, 1.807) is 11.3 Å². The maximum Gasteiger partial charge on any atom is 0.134 e. The summed E-state index contributed by atoms with van der Waals surface area (Å²) < 4.78 is 1.04. The number of aryl methyl sites for hydroxylation is 1. The molecule has 0 radical (unpaired) electrons. The highest BCUT2D eigenvalue weighted by molar-refractivity contribution is 9.10. The number of nitrogens with zero attached hydrogens (tertiary/aromatic N) is 2. The van der Waals surface area contributed by atoms with Gasteiger partial charge in [0.25, 0.3) is 0 Å². The monoisotopic (exact) mass is 386 g/mol. The minimum absolute atomic E-state index is 0.607. The SMILES string of the molecule is Cc1ccc(/C=C(\C#N)c2nc(-c3ccc(Br)cc3)cs2)s1. The molecule has 0 aliphatic carbocycles. The van der Waals surface area contributed by atoms with Crippen molar-refractivity contribution in [3.05, 3.63) is 61.0 Å². The second-order valence-electron chi connectivity index (χ2n) is 4.66. The second-order valence-corrected chi connectivity index (χ2v) is 7.76. The molecule has 0 atom stereocenters. The molecule has 0 spiro atoms. The summed E-state index contributed by atoms with van der Waals surface area (Å²) in [6.07, 6.45) is 1.90. The van der Waals surface area contributed by atoms with Crippen molar-refractivity contribution in [3.63, 3.8) is 0 Å². The first-order valence-electron chi connectivity index (χ1n) is 6.56. The molecule has 108 valence electrons. The summed E-state index contributed by atoms with van der Waals surface area (Å²) in [5, 5.41) is 12.2. The molecule has 2 aromatic heterocycles. The Hall–Kier alpha value is -1.74. The van der Waals surface area contributed by atoms with Crippen molar-refractivity contribution in [1.82, 2.24) is 4.98 Å². The zero-order valence-electron chi connectivity index (χ0n) is 11.7. The lowest BCUT2D eigenvalue weighted by atomic mass is 10.2. The molecule has 0 saturated carbocycles. The van der Waals surface area contributed by atoms with E-state index in [1.807, 2.05) is 41.8 Å². The van der Waals surface area contributed by atoms with E-state index >= 15 is 0 Å². The molecule has 0 bridgehead atoms. The van der Waals surface area contributed by atoms with Crippen molar-refractivity contribution < 1.29 is 0 Å². The van der Waals surface area contributed by atoms with Crippen LogP contribution in [0.15, 0.2) is 46.3 Å². The zero-order valence-corrected chi connectivity index (χ0v) is 14.9. The average Bonchev–Trinajstić information content (AvgIpc) is 3.15. The number of aromatic nitrogens is 1. The Morgan fingerprint density at radius 2 is 2.00 bits per heavy atom. The number of thiazole rings is 1. The fraction of sp³-hybridized carbons (Fsp3) is 0.0588. The zero-order chi connectivity index (χ0) is 15.5. The molecule has 22 heavy (non-hydrogen) atoms. The molecule has 0 aliphatic heterocycles. The van der Waals surface area contributed by atoms with E-state index < -0.39 is 0 Å². The number of benzene rings is 1. The Balaban J connectivity index is 1.93. The number of hydrogen-bond acceptors (Lipinski definition) is 4. The van der Waals surface area contributed by atoms with Crippen LogP contribution in [0.1, 0.15) is 14.8 Å². The fourth-order valence-corrected chi connectivity index (χ4v) is 3.85. The van der Waals surface area contributed by atoms with Gasteiger partial charge in [-0.05, 0) is 37.3 Å². The van der Waals surface area contributed by atoms with Crippen LogP contribution in [0.2, 0.25) is 0 Å². The van der Waals surface area contributed by atoms with E-state index in [0.29, 0.717) is 5.57 Å². The first-order valence-corrected chi connectivity index (χ1v) is 9.05. The molecular formula is C17H11BrN2S2. The van der Waals surface area contributed by atoms with Gasteiger partial charge in [-0.25, -0.2) is 4.98 Å². The van der Waals surface area contributed by atoms with E-state index in [1.165, 1.54) is 16.2 Å². The van der Waals surface area contributed by atoms with E-state index in [-0.39, 0.29) is 0 Å². The molecule has 0 N–H and O–H groups in total. The molecule has 3 aromatic rings. The summed E-state index contributed by atoms with van der Waals surface area (Å²) in [5.41, 5.74) is 2.56. The number of hydrogen-bond donors (Lipinski definition) is 0. The van der Waals surface area contributed by atoms with Gasteiger partial charge in [-0.1, -0.05) is 28.1 Å². The third kappa shape index (κ3) is 3.36. The fourth-order valence-electron chi connectivity index (χ4n) is 1.97. The van der Waals surface area contributed by atoms with Gasteiger partial charge in [-0.3, -0.25) is 0 Å². The summed E-state index contributed by atoms with van der Waals surface area (Å²) in [6, 6.07) is 14.4. The summed E-state index contributed by atoms with van der Waals surface area (Å²) in [6.45, 7) is 2.06. The highest BCUT2D eigenvalue weighted by Crippen LogP contribution is 2.29. The molecule has 2 nitrogen and oxygen atoms in total. The lowest BCUT2D eigenvalue weighted by Gasteiger charge is -1.96. The van der Waals surface area contributed by atoms with Gasteiger partial charge in [0.1, 0.15) is 11.1 Å². The van der Waals surface area contributed by atoms with Gasteiger partial charge >= 0.3 is 0 Å². The summed E-state index contributed by atoms with van der Waals surface area (Å²) >= 11 is 6.60. The first-order chi connectivity index (χ1) is 10.7. The molecule has 0 aliphatic rings. The van der Waals surface area contributed by atoms with Crippen LogP contribution < -0.4 is 0 Å². The van der Waals surface area contributed by atoms with Gasteiger partial charge in [0, 0.05) is 25.2 Å². The van der Waals surface area contributed by atoms with Crippen LogP contribution in [0, 0.1) is 18.3 Å². The Bertz CT molecular complexity index is 867. The molecular weight excluding hydrogens is 376 g/mol. The smallest absolute Gasteiger partial charge is 0.134 e. The van der Waals surface area contributed by atoms with Crippen LogP contribution in [0.5, 0.6) is 0 Å². The maximum absolute atomic E-state index is 9.41. The lowest BCUT2D eigenvalue weighted by molar-refractivity contribution is 1.37. The Kier molecular flexibility index (Phi) is 4.53. The second kappa shape index (κ2) is 6.57. The van der Waals surface area contributed by atoms with Gasteiger partial charge < -0.3 is 0 Å². The van der Waals surface area contributed by atoms with E-state index in [9.17, 15) is 5.26 Å². The Morgan fingerprint density at radius 3 is 2.64 bits per heavy atom. The normalized spacial score (nSPS) is 11.4. The van der Waals surface area contributed by atoms with E-state index in [0.717, 1.165) is 25.6 Å². The van der Waals surface area contributed by atoms with Gasteiger partial charge in [0.2, 0.25) is 0 Å². The highest BCUT2D eigenvalue weighted by Gasteiger charge is 2.09. The Morgan fingerprint density at radius 1 is 1.23 bits per heavy atom. The van der Waals surface area contributed by atoms with Gasteiger partial charge in [-0.2, -0.15) is 5.26 Å². The molecule has 1 aromatic carbocycles. The molecule has 0 unspecified atom stereocenters. The lowest BCUT2D eigenvalue weighted by Crippen LogP contribution is -1.82. The number of allylic oxidation sites excluding steroid dienone is 1. The summed E-state index contributed by atoms with van der Waals surface area (Å²) in [5.74, 6) is 0. The van der Waals surface area contributed by atoms with Crippen LogP contribution in [0.25, 0.3) is 22.9 Å². The molecule has 2 heterocycles. The number of halogens is 1. The molecule has 5 heteroatoms. The van der Waals surface area contributed by atoms with Crippen LogP contribution >= 0.6 is 38.6 Å². The molecule has 0 amide bonds. The minimum Gasteiger partial charge on any atom is -0.235 e. The van der Waals surface area contributed by atoms with Crippen LogP contribution in [-0.2, 0) is 0 Å². The predicted octanol–water partition coefficient (Wildman–Crippen LogP) is 6.01. The third-order valence-electron chi connectivity index (χ3n) is 3.04. The molecule has 0 fully saturated rings. The van der Waals surface area contributed by atoms with Crippen molar-refractivity contribution in [2.45, 2.75) is 6.92 Å². The predicted molar refractivity (Wildman–Crippen MR) is 97.8 cm³/mol. The van der Waals surface area contributed by atoms with Crippen molar-refractivity contribution in [1.29, 1.82) is 5.26 Å². The Labute approximate surface area is 145 Å². The average molecular weight is 387 g/mol. The van der Waals surface area contributed by atoms with Crippen LogP contribution in [0.3, 0.4) is 0 Å². The summed E-state index contributed by atoms with van der Waals surface area (Å²) in [7, 11) is 0.